The van der Waals surface area contributed by atoms with Gasteiger partial charge in [0, 0.05) is 5.41 Å². The summed E-state index contributed by atoms with van der Waals surface area (Å²) in [5, 5.41) is 0. The van der Waals surface area contributed by atoms with Gasteiger partial charge in [0.2, 0.25) is 8.38 Å². The van der Waals surface area contributed by atoms with E-state index in [4.69, 9.17) is 27.4 Å². The van der Waals surface area contributed by atoms with Gasteiger partial charge in [-0.3, -0.25) is 13.6 Å². The predicted octanol–water partition coefficient (Wildman–Crippen LogP) is 5.29. The van der Waals surface area contributed by atoms with Gasteiger partial charge in [-0.2, -0.15) is 0 Å². The average Bonchev–Trinajstić information content (AvgIpc) is 2.59. The van der Waals surface area contributed by atoms with Gasteiger partial charge in [-0.15, -0.1) is 0 Å². The Morgan fingerprint density at radius 3 is 1.92 bits per heavy atom. The Hall–Kier alpha value is 0.130. The first-order valence-electron chi connectivity index (χ1n) is 8.73. The second-order valence-corrected chi connectivity index (χ2v) is 9.96. The van der Waals surface area contributed by atoms with E-state index in [1.807, 2.05) is 20.6 Å². The molecule has 0 spiro atoms. The Morgan fingerprint density at radius 1 is 1.08 bits per heavy atom. The van der Waals surface area contributed by atoms with Crippen molar-refractivity contribution in [2.75, 3.05) is 26.4 Å². The van der Waals surface area contributed by atoms with Crippen molar-refractivity contribution >= 4 is 23.0 Å². The summed E-state index contributed by atoms with van der Waals surface area (Å²) >= 11 is 0. The summed E-state index contributed by atoms with van der Waals surface area (Å²) in [6.45, 7) is 13.9. The molecule has 0 saturated carbocycles. The quantitative estimate of drug-likeness (QED) is 0.344. The molecule has 0 amide bonds. The highest BCUT2D eigenvalue weighted by Gasteiger charge is 2.41. The van der Waals surface area contributed by atoms with Gasteiger partial charge < -0.3 is 13.8 Å². The SMILES string of the molecule is C=O.CCCCOP(OCCCC)C(C)OP1(=O)OCC(C)(C)CO1. The summed E-state index contributed by atoms with van der Waals surface area (Å²) in [4.78, 5) is 8.00. The van der Waals surface area contributed by atoms with E-state index in [9.17, 15) is 4.57 Å². The first-order valence-corrected chi connectivity index (χ1v) is 11.4. The van der Waals surface area contributed by atoms with Crippen LogP contribution in [0.25, 0.3) is 0 Å². The lowest BCUT2D eigenvalue weighted by atomic mass is 9.97. The van der Waals surface area contributed by atoms with Crippen molar-refractivity contribution in [1.82, 2.24) is 0 Å². The summed E-state index contributed by atoms with van der Waals surface area (Å²) < 4.78 is 40.4. The maximum atomic E-state index is 12.5. The summed E-state index contributed by atoms with van der Waals surface area (Å²) in [6.07, 6.45) is 4.02. The number of hydrogen-bond donors (Lipinski definition) is 0. The number of phosphoric acid groups is 1. The van der Waals surface area contributed by atoms with Crippen LogP contribution in [0.1, 0.15) is 60.3 Å². The fourth-order valence-corrected chi connectivity index (χ4v) is 5.07. The van der Waals surface area contributed by atoms with Crippen molar-refractivity contribution in [2.45, 2.75) is 66.1 Å². The predicted molar refractivity (Wildman–Crippen MR) is 99.6 cm³/mol. The molecule has 0 bridgehead atoms. The van der Waals surface area contributed by atoms with Crippen molar-refractivity contribution in [1.29, 1.82) is 0 Å². The Balaban J connectivity index is 0.00000277. The molecule has 1 saturated heterocycles. The minimum atomic E-state index is -3.53. The Morgan fingerprint density at radius 2 is 1.52 bits per heavy atom. The number of phosphoric ester groups is 1. The van der Waals surface area contributed by atoms with Crippen molar-refractivity contribution in [3.8, 4) is 0 Å². The van der Waals surface area contributed by atoms with Gasteiger partial charge in [0.25, 0.3) is 0 Å². The smallest absolute Gasteiger partial charge is 0.332 e. The fourth-order valence-electron chi connectivity index (χ4n) is 1.72. The van der Waals surface area contributed by atoms with E-state index in [0.717, 1.165) is 25.7 Å². The zero-order valence-corrected chi connectivity index (χ0v) is 18.0. The van der Waals surface area contributed by atoms with Crippen LogP contribution >= 0.6 is 16.2 Å². The van der Waals surface area contributed by atoms with Gasteiger partial charge in [0.05, 0.1) is 26.4 Å². The van der Waals surface area contributed by atoms with Crippen LogP contribution in [0.2, 0.25) is 0 Å². The zero-order valence-electron chi connectivity index (χ0n) is 16.2. The maximum Gasteiger partial charge on any atom is 0.475 e. The summed E-state index contributed by atoms with van der Waals surface area (Å²) in [7, 11) is -4.81. The summed E-state index contributed by atoms with van der Waals surface area (Å²) in [5.74, 6) is -0.467. The molecule has 25 heavy (non-hydrogen) atoms. The molecule has 150 valence electrons. The Labute approximate surface area is 153 Å². The van der Waals surface area contributed by atoms with Crippen LogP contribution in [0.3, 0.4) is 0 Å². The molecule has 1 rings (SSSR count). The van der Waals surface area contributed by atoms with Crippen LogP contribution in [-0.4, -0.2) is 39.1 Å². The summed E-state index contributed by atoms with van der Waals surface area (Å²) in [5.41, 5.74) is -0.152. The van der Waals surface area contributed by atoms with Crippen LogP contribution in [0, 0.1) is 5.41 Å². The van der Waals surface area contributed by atoms with Crippen molar-refractivity contribution < 1.29 is 32.0 Å². The molecule has 0 aromatic heterocycles. The average molecular weight is 400 g/mol. The number of unbranched alkanes of at least 4 members (excludes halogenated alkanes) is 2. The van der Waals surface area contributed by atoms with Crippen LogP contribution in [-0.2, 0) is 32.0 Å². The van der Waals surface area contributed by atoms with E-state index in [-0.39, 0.29) is 5.41 Å². The molecule has 0 N–H and O–H groups in total. The molecule has 0 aromatic rings. The van der Waals surface area contributed by atoms with Gasteiger partial charge in [-0.25, -0.2) is 4.57 Å². The van der Waals surface area contributed by atoms with Crippen LogP contribution in [0.4, 0.5) is 0 Å². The highest BCUT2D eigenvalue weighted by Crippen LogP contribution is 2.59. The van der Waals surface area contributed by atoms with Crippen LogP contribution < -0.4 is 0 Å². The molecule has 1 unspecified atom stereocenters. The van der Waals surface area contributed by atoms with Gasteiger partial charge in [-0.05, 0) is 19.8 Å². The van der Waals surface area contributed by atoms with E-state index >= 15 is 0 Å². The molecule has 7 nitrogen and oxygen atoms in total. The van der Waals surface area contributed by atoms with E-state index in [1.54, 1.807) is 6.92 Å². The number of hydrogen-bond acceptors (Lipinski definition) is 7. The highest BCUT2D eigenvalue weighted by molar-refractivity contribution is 7.51. The lowest BCUT2D eigenvalue weighted by Crippen LogP contribution is -2.30. The first kappa shape index (κ1) is 25.1. The topological polar surface area (TPSA) is 80.3 Å². The second-order valence-electron chi connectivity index (χ2n) is 6.52. The zero-order chi connectivity index (χ0) is 19.3. The number of carbonyl (C=O) groups is 1. The van der Waals surface area contributed by atoms with Crippen LogP contribution in [0.5, 0.6) is 0 Å². The Kier molecular flexibility index (Phi) is 13.4. The Bertz CT molecular complexity index is 369. The largest absolute Gasteiger partial charge is 0.475 e. The lowest BCUT2D eigenvalue weighted by Gasteiger charge is -2.34. The normalized spacial score (nSPS) is 19.9. The molecule has 1 atom stereocenters. The fraction of sp³-hybridized carbons (Fsp3) is 0.938. The van der Waals surface area contributed by atoms with Crippen molar-refractivity contribution in [3.63, 3.8) is 0 Å². The minimum absolute atomic E-state index is 0.152. The second kappa shape index (κ2) is 13.3. The van der Waals surface area contributed by atoms with Gasteiger partial charge in [0.1, 0.15) is 12.6 Å². The first-order chi connectivity index (χ1) is 11.8. The van der Waals surface area contributed by atoms with Crippen LogP contribution in [0.15, 0.2) is 0 Å². The number of rotatable bonds is 11. The molecule has 1 aliphatic rings. The van der Waals surface area contributed by atoms with E-state index in [1.165, 1.54) is 0 Å². The monoisotopic (exact) mass is 400 g/mol. The van der Waals surface area contributed by atoms with E-state index in [0.29, 0.717) is 26.4 Å². The third-order valence-corrected chi connectivity index (χ3v) is 6.44. The maximum absolute atomic E-state index is 12.5. The third-order valence-electron chi connectivity index (χ3n) is 3.24. The molecule has 9 heteroatoms. The van der Waals surface area contributed by atoms with Gasteiger partial charge >= 0.3 is 7.82 Å². The molecular weight excluding hydrogens is 366 g/mol. The molecular formula is C16H34O7P2. The lowest BCUT2D eigenvalue weighted by molar-refractivity contribution is -0.0980. The molecule has 1 heterocycles. The molecule has 0 radical (unpaired) electrons. The molecule has 1 aliphatic heterocycles. The number of carbonyl (C=O) groups excluding carboxylic acids is 1. The molecule has 0 aliphatic carbocycles. The van der Waals surface area contributed by atoms with Crippen molar-refractivity contribution in [2.24, 2.45) is 5.41 Å². The molecule has 1 fully saturated rings. The van der Waals surface area contributed by atoms with E-state index < -0.39 is 22.0 Å². The van der Waals surface area contributed by atoms with Crippen molar-refractivity contribution in [3.05, 3.63) is 0 Å². The van der Waals surface area contributed by atoms with Gasteiger partial charge in [0.15, 0.2) is 0 Å². The van der Waals surface area contributed by atoms with Gasteiger partial charge in [-0.1, -0.05) is 40.5 Å². The summed E-state index contributed by atoms with van der Waals surface area (Å²) in [6, 6.07) is 0. The highest BCUT2D eigenvalue weighted by atomic mass is 31.2. The minimum Gasteiger partial charge on any atom is -0.332 e. The standard InChI is InChI=1S/C15H32O6P2.CH2O/c1-6-8-10-17-22(18-11-9-7-2)14(3)21-23(16)19-12-15(4,5)13-20-23;1-2/h14H,6-13H2,1-5H3;1H2. The third kappa shape index (κ3) is 10.8. The van der Waals surface area contributed by atoms with E-state index in [2.05, 4.69) is 13.8 Å². The molecule has 0 aromatic carbocycles.